The van der Waals surface area contributed by atoms with Gasteiger partial charge < -0.3 is 14.8 Å². The zero-order chi connectivity index (χ0) is 21.1. The SMILES string of the molecule is Cc1nc2ccccc2n1CCNC(=O)C1CCN(c2ccccc2[N+](=O)[O-])CC1. The highest BCUT2D eigenvalue weighted by molar-refractivity contribution is 5.79. The van der Waals surface area contributed by atoms with Crippen LogP contribution < -0.4 is 10.2 Å². The van der Waals surface area contributed by atoms with Crippen LogP contribution in [0.15, 0.2) is 48.5 Å². The number of carbonyl (C=O) groups is 1. The quantitative estimate of drug-likeness (QED) is 0.500. The van der Waals surface area contributed by atoms with Crippen LogP contribution in [0.3, 0.4) is 0 Å². The van der Waals surface area contributed by atoms with Crippen molar-refractivity contribution in [3.63, 3.8) is 0 Å². The van der Waals surface area contributed by atoms with Crippen molar-refractivity contribution >= 4 is 28.3 Å². The maximum absolute atomic E-state index is 12.6. The monoisotopic (exact) mass is 407 g/mol. The second-order valence-corrected chi connectivity index (χ2v) is 7.60. The van der Waals surface area contributed by atoms with Crippen LogP contribution in [0.5, 0.6) is 0 Å². The third-order valence-electron chi connectivity index (χ3n) is 5.76. The molecule has 30 heavy (non-hydrogen) atoms. The highest BCUT2D eigenvalue weighted by Gasteiger charge is 2.27. The number of para-hydroxylation sites is 4. The number of hydrogen-bond donors (Lipinski definition) is 1. The summed E-state index contributed by atoms with van der Waals surface area (Å²) in [4.78, 5) is 30.1. The van der Waals surface area contributed by atoms with E-state index in [2.05, 4.69) is 14.9 Å². The van der Waals surface area contributed by atoms with E-state index in [0.717, 1.165) is 16.9 Å². The van der Waals surface area contributed by atoms with Crippen molar-refractivity contribution in [1.82, 2.24) is 14.9 Å². The van der Waals surface area contributed by atoms with E-state index < -0.39 is 0 Å². The highest BCUT2D eigenvalue weighted by atomic mass is 16.6. The van der Waals surface area contributed by atoms with Crippen LogP contribution in [0, 0.1) is 23.0 Å². The van der Waals surface area contributed by atoms with E-state index in [1.807, 2.05) is 42.2 Å². The molecule has 0 aliphatic carbocycles. The summed E-state index contributed by atoms with van der Waals surface area (Å²) in [6, 6.07) is 14.8. The minimum absolute atomic E-state index is 0.0549. The van der Waals surface area contributed by atoms with E-state index >= 15 is 0 Å². The fourth-order valence-electron chi connectivity index (χ4n) is 4.18. The number of imidazole rings is 1. The van der Waals surface area contributed by atoms with Crippen molar-refractivity contribution in [2.45, 2.75) is 26.3 Å². The number of carbonyl (C=O) groups excluding carboxylic acids is 1. The first-order chi connectivity index (χ1) is 14.5. The molecule has 4 rings (SSSR count). The number of anilines is 1. The number of nitro benzene ring substituents is 1. The standard InChI is InChI=1S/C22H25N5O3/c1-16-24-18-6-2-3-7-19(18)26(16)15-12-23-22(28)17-10-13-25(14-11-17)20-8-4-5-9-21(20)27(29)30/h2-9,17H,10-15H2,1H3,(H,23,28). The van der Waals surface area contributed by atoms with Crippen LogP contribution in [-0.4, -0.2) is 40.0 Å². The summed E-state index contributed by atoms with van der Waals surface area (Å²) in [6.45, 7) is 4.46. The Morgan fingerprint density at radius 2 is 1.87 bits per heavy atom. The third-order valence-corrected chi connectivity index (χ3v) is 5.76. The van der Waals surface area contributed by atoms with Gasteiger partial charge in [0.25, 0.3) is 5.69 Å². The van der Waals surface area contributed by atoms with Gasteiger partial charge in [-0.25, -0.2) is 4.98 Å². The number of nitrogens with one attached hydrogen (secondary N) is 1. The van der Waals surface area contributed by atoms with Gasteiger partial charge in [-0.05, 0) is 38.0 Å². The van der Waals surface area contributed by atoms with Crippen LogP contribution in [-0.2, 0) is 11.3 Å². The predicted octanol–water partition coefficient (Wildman–Crippen LogP) is 3.29. The number of nitrogens with zero attached hydrogens (tertiary/aromatic N) is 4. The van der Waals surface area contributed by atoms with Crippen molar-refractivity contribution in [3.05, 3.63) is 64.5 Å². The number of fused-ring (bicyclic) bond motifs is 1. The molecule has 156 valence electrons. The van der Waals surface area contributed by atoms with Gasteiger partial charge in [0.1, 0.15) is 11.5 Å². The number of benzene rings is 2. The number of hydrogen-bond acceptors (Lipinski definition) is 5. The summed E-state index contributed by atoms with van der Waals surface area (Å²) < 4.78 is 2.12. The Balaban J connectivity index is 1.31. The first-order valence-corrected chi connectivity index (χ1v) is 10.2. The molecule has 1 saturated heterocycles. The molecule has 0 bridgehead atoms. The molecule has 1 aliphatic rings. The maximum Gasteiger partial charge on any atom is 0.292 e. The minimum atomic E-state index is -0.351. The molecule has 1 aromatic heterocycles. The molecule has 2 heterocycles. The number of aryl methyl sites for hydroxylation is 1. The Morgan fingerprint density at radius 3 is 2.63 bits per heavy atom. The summed E-state index contributed by atoms with van der Waals surface area (Å²) in [6.07, 6.45) is 1.37. The minimum Gasteiger partial charge on any atom is -0.366 e. The fourth-order valence-corrected chi connectivity index (χ4v) is 4.18. The average molecular weight is 407 g/mol. The summed E-state index contributed by atoms with van der Waals surface area (Å²) in [7, 11) is 0. The van der Waals surface area contributed by atoms with Crippen molar-refractivity contribution in [2.24, 2.45) is 5.92 Å². The number of rotatable bonds is 6. The van der Waals surface area contributed by atoms with Crippen LogP contribution in [0.4, 0.5) is 11.4 Å². The Labute approximate surface area is 174 Å². The fraction of sp³-hybridized carbons (Fsp3) is 0.364. The maximum atomic E-state index is 12.6. The van der Waals surface area contributed by atoms with Gasteiger partial charge in [0, 0.05) is 38.2 Å². The zero-order valence-corrected chi connectivity index (χ0v) is 17.0. The Bertz CT molecular complexity index is 1070. The lowest BCUT2D eigenvalue weighted by atomic mass is 9.95. The van der Waals surface area contributed by atoms with Gasteiger partial charge in [-0.15, -0.1) is 0 Å². The van der Waals surface area contributed by atoms with Gasteiger partial charge in [0.05, 0.1) is 16.0 Å². The molecule has 3 aromatic rings. The van der Waals surface area contributed by atoms with Crippen molar-refractivity contribution in [3.8, 4) is 0 Å². The third kappa shape index (κ3) is 3.98. The molecular weight excluding hydrogens is 382 g/mol. The van der Waals surface area contributed by atoms with Crippen LogP contribution >= 0.6 is 0 Å². The van der Waals surface area contributed by atoms with Gasteiger partial charge in [-0.3, -0.25) is 14.9 Å². The van der Waals surface area contributed by atoms with E-state index in [4.69, 9.17) is 0 Å². The molecule has 8 nitrogen and oxygen atoms in total. The van der Waals surface area contributed by atoms with Crippen molar-refractivity contribution < 1.29 is 9.72 Å². The number of amides is 1. The largest absolute Gasteiger partial charge is 0.366 e. The lowest BCUT2D eigenvalue weighted by molar-refractivity contribution is -0.384. The van der Waals surface area contributed by atoms with Crippen LogP contribution in [0.2, 0.25) is 0 Å². The van der Waals surface area contributed by atoms with E-state index in [0.29, 0.717) is 44.7 Å². The lowest BCUT2D eigenvalue weighted by Crippen LogP contribution is -2.41. The molecule has 1 fully saturated rings. The van der Waals surface area contributed by atoms with E-state index in [1.165, 1.54) is 6.07 Å². The molecule has 0 unspecified atom stereocenters. The molecule has 0 saturated carbocycles. The van der Waals surface area contributed by atoms with Gasteiger partial charge >= 0.3 is 0 Å². The van der Waals surface area contributed by atoms with Gasteiger partial charge in [-0.2, -0.15) is 0 Å². The molecule has 1 N–H and O–H groups in total. The Hall–Kier alpha value is -3.42. The molecule has 8 heteroatoms. The molecule has 1 aliphatic heterocycles. The van der Waals surface area contributed by atoms with Gasteiger partial charge in [-0.1, -0.05) is 24.3 Å². The van der Waals surface area contributed by atoms with E-state index in [-0.39, 0.29) is 22.4 Å². The Morgan fingerprint density at radius 1 is 1.17 bits per heavy atom. The smallest absolute Gasteiger partial charge is 0.292 e. The molecular formula is C22H25N5O3. The molecule has 0 atom stereocenters. The van der Waals surface area contributed by atoms with Crippen LogP contribution in [0.1, 0.15) is 18.7 Å². The number of aromatic nitrogens is 2. The van der Waals surface area contributed by atoms with Crippen molar-refractivity contribution in [2.75, 3.05) is 24.5 Å². The number of piperidine rings is 1. The summed E-state index contributed by atoms with van der Waals surface area (Å²) in [5.74, 6) is 0.923. The lowest BCUT2D eigenvalue weighted by Gasteiger charge is -2.32. The summed E-state index contributed by atoms with van der Waals surface area (Å²) in [5.41, 5.74) is 2.78. The topological polar surface area (TPSA) is 93.3 Å². The second kappa shape index (κ2) is 8.52. The second-order valence-electron chi connectivity index (χ2n) is 7.60. The van der Waals surface area contributed by atoms with Gasteiger partial charge in [0.15, 0.2) is 0 Å². The zero-order valence-electron chi connectivity index (χ0n) is 17.0. The molecule has 2 aromatic carbocycles. The average Bonchev–Trinajstić information content (AvgIpc) is 3.09. The summed E-state index contributed by atoms with van der Waals surface area (Å²) in [5, 5.41) is 14.3. The predicted molar refractivity (Wildman–Crippen MR) is 116 cm³/mol. The summed E-state index contributed by atoms with van der Waals surface area (Å²) >= 11 is 0. The van der Waals surface area contributed by atoms with Crippen molar-refractivity contribution in [1.29, 1.82) is 0 Å². The molecule has 0 radical (unpaired) electrons. The van der Waals surface area contributed by atoms with E-state index in [9.17, 15) is 14.9 Å². The first kappa shape index (κ1) is 19.9. The molecule has 0 spiro atoms. The van der Waals surface area contributed by atoms with E-state index in [1.54, 1.807) is 12.1 Å². The Kier molecular flexibility index (Phi) is 5.65. The normalized spacial score (nSPS) is 14.8. The number of nitro groups is 1. The van der Waals surface area contributed by atoms with Gasteiger partial charge in [0.2, 0.25) is 5.91 Å². The highest BCUT2D eigenvalue weighted by Crippen LogP contribution is 2.31. The molecule has 1 amide bonds. The van der Waals surface area contributed by atoms with Crippen LogP contribution in [0.25, 0.3) is 11.0 Å². The first-order valence-electron chi connectivity index (χ1n) is 10.2.